The SMILES string of the molecule is NNC(=S)Nc1c(Br)cccc1Br. The second kappa shape index (κ2) is 4.90. The number of hydrazine groups is 1. The van der Waals surface area contributed by atoms with Crippen LogP contribution in [0.5, 0.6) is 0 Å². The van der Waals surface area contributed by atoms with Gasteiger partial charge in [0, 0.05) is 8.95 Å². The van der Waals surface area contributed by atoms with Crippen LogP contribution in [0.2, 0.25) is 0 Å². The molecular formula is C7H7Br2N3S. The maximum absolute atomic E-state index is 5.14. The van der Waals surface area contributed by atoms with Crippen LogP contribution in [-0.2, 0) is 0 Å². The van der Waals surface area contributed by atoms with Crippen molar-refractivity contribution in [1.29, 1.82) is 0 Å². The molecule has 0 unspecified atom stereocenters. The van der Waals surface area contributed by atoms with Crippen LogP contribution < -0.4 is 16.6 Å². The van der Waals surface area contributed by atoms with Gasteiger partial charge in [0.15, 0.2) is 5.11 Å². The van der Waals surface area contributed by atoms with Gasteiger partial charge in [0.1, 0.15) is 0 Å². The third kappa shape index (κ3) is 2.91. The summed E-state index contributed by atoms with van der Waals surface area (Å²) in [6, 6.07) is 5.73. The Morgan fingerprint density at radius 3 is 2.31 bits per heavy atom. The van der Waals surface area contributed by atoms with Crippen LogP contribution in [0.3, 0.4) is 0 Å². The fourth-order valence-corrected chi connectivity index (χ4v) is 2.07. The Bertz CT molecular complexity index is 309. The van der Waals surface area contributed by atoms with Crippen LogP contribution in [0.15, 0.2) is 27.1 Å². The largest absolute Gasteiger partial charge is 0.330 e. The van der Waals surface area contributed by atoms with Crippen LogP contribution in [0.4, 0.5) is 5.69 Å². The normalized spacial score (nSPS) is 9.46. The van der Waals surface area contributed by atoms with Crippen LogP contribution >= 0.6 is 44.1 Å². The third-order valence-corrected chi connectivity index (χ3v) is 2.87. The van der Waals surface area contributed by atoms with Crippen LogP contribution in [0.25, 0.3) is 0 Å². The maximum atomic E-state index is 5.14. The number of para-hydroxylation sites is 1. The van der Waals surface area contributed by atoms with E-state index < -0.39 is 0 Å². The zero-order valence-corrected chi connectivity index (χ0v) is 10.5. The van der Waals surface area contributed by atoms with E-state index in [2.05, 4.69) is 42.6 Å². The molecule has 70 valence electrons. The van der Waals surface area contributed by atoms with Gasteiger partial charge >= 0.3 is 0 Å². The van der Waals surface area contributed by atoms with Gasteiger partial charge in [0.05, 0.1) is 5.69 Å². The van der Waals surface area contributed by atoms with E-state index in [-0.39, 0.29) is 0 Å². The lowest BCUT2D eigenvalue weighted by Gasteiger charge is -2.10. The van der Waals surface area contributed by atoms with Crippen molar-refractivity contribution in [2.75, 3.05) is 5.32 Å². The van der Waals surface area contributed by atoms with Gasteiger partial charge < -0.3 is 10.7 Å². The molecule has 4 N–H and O–H groups in total. The molecule has 0 saturated carbocycles. The van der Waals surface area contributed by atoms with E-state index in [0.717, 1.165) is 14.6 Å². The van der Waals surface area contributed by atoms with E-state index in [1.807, 2.05) is 18.2 Å². The van der Waals surface area contributed by atoms with Crippen molar-refractivity contribution >= 4 is 54.9 Å². The van der Waals surface area contributed by atoms with Crippen LogP contribution in [0, 0.1) is 0 Å². The van der Waals surface area contributed by atoms with E-state index in [9.17, 15) is 0 Å². The first-order valence-corrected chi connectivity index (χ1v) is 5.36. The zero-order chi connectivity index (χ0) is 9.84. The summed E-state index contributed by atoms with van der Waals surface area (Å²) >= 11 is 11.6. The molecule has 0 saturated heterocycles. The van der Waals surface area contributed by atoms with E-state index in [4.69, 9.17) is 18.1 Å². The van der Waals surface area contributed by atoms with Gasteiger partial charge in [-0.25, -0.2) is 5.84 Å². The van der Waals surface area contributed by atoms with Crippen molar-refractivity contribution in [1.82, 2.24) is 5.43 Å². The molecule has 1 aromatic rings. The third-order valence-electron chi connectivity index (χ3n) is 1.33. The quantitative estimate of drug-likeness (QED) is 0.422. The topological polar surface area (TPSA) is 50.1 Å². The Labute approximate surface area is 98.3 Å². The van der Waals surface area contributed by atoms with Crippen LogP contribution in [0.1, 0.15) is 0 Å². The maximum Gasteiger partial charge on any atom is 0.185 e. The molecule has 0 radical (unpaired) electrons. The minimum absolute atomic E-state index is 0.368. The summed E-state index contributed by atoms with van der Waals surface area (Å²) in [7, 11) is 0. The van der Waals surface area contributed by atoms with Crippen molar-refractivity contribution in [2.45, 2.75) is 0 Å². The number of benzene rings is 1. The first kappa shape index (κ1) is 10.9. The molecule has 0 bridgehead atoms. The first-order valence-electron chi connectivity index (χ1n) is 3.36. The Morgan fingerprint density at radius 1 is 1.31 bits per heavy atom. The fraction of sp³-hybridized carbons (Fsp3) is 0. The van der Waals surface area contributed by atoms with Gasteiger partial charge in [0.25, 0.3) is 0 Å². The average molecular weight is 325 g/mol. The number of nitrogens with two attached hydrogens (primary N) is 1. The second-order valence-electron chi connectivity index (χ2n) is 2.20. The lowest BCUT2D eigenvalue weighted by atomic mass is 10.3. The van der Waals surface area contributed by atoms with E-state index in [0.29, 0.717) is 5.11 Å². The van der Waals surface area contributed by atoms with Gasteiger partial charge in [-0.1, -0.05) is 6.07 Å². The van der Waals surface area contributed by atoms with Crippen molar-refractivity contribution in [3.63, 3.8) is 0 Å². The molecule has 3 nitrogen and oxygen atoms in total. The Kier molecular flexibility index (Phi) is 4.11. The monoisotopic (exact) mass is 323 g/mol. The molecule has 1 aromatic carbocycles. The van der Waals surface area contributed by atoms with E-state index >= 15 is 0 Å². The predicted molar refractivity (Wildman–Crippen MR) is 65.4 cm³/mol. The summed E-state index contributed by atoms with van der Waals surface area (Å²) in [6.45, 7) is 0. The molecule has 0 aliphatic rings. The van der Waals surface area contributed by atoms with Crippen molar-refractivity contribution in [3.8, 4) is 0 Å². The minimum atomic E-state index is 0.368. The summed E-state index contributed by atoms with van der Waals surface area (Å²) in [5, 5.41) is 3.30. The molecule has 6 heteroatoms. The Balaban J connectivity index is 2.93. The number of hydrogen-bond donors (Lipinski definition) is 3. The average Bonchev–Trinajstić information content (AvgIpc) is 2.11. The highest BCUT2D eigenvalue weighted by Gasteiger charge is 2.04. The highest BCUT2D eigenvalue weighted by atomic mass is 79.9. The zero-order valence-electron chi connectivity index (χ0n) is 6.47. The van der Waals surface area contributed by atoms with Gasteiger partial charge in [0.2, 0.25) is 0 Å². The molecular weight excluding hydrogens is 318 g/mol. The Hall–Kier alpha value is -0.170. The second-order valence-corrected chi connectivity index (χ2v) is 4.31. The molecule has 0 amide bonds. The van der Waals surface area contributed by atoms with Crippen LogP contribution in [-0.4, -0.2) is 5.11 Å². The lowest BCUT2D eigenvalue weighted by molar-refractivity contribution is 1.04. The fourth-order valence-electron chi connectivity index (χ4n) is 0.767. The van der Waals surface area contributed by atoms with E-state index in [1.54, 1.807) is 0 Å². The lowest BCUT2D eigenvalue weighted by Crippen LogP contribution is -2.34. The summed E-state index contributed by atoms with van der Waals surface area (Å²) in [6.07, 6.45) is 0. The summed E-state index contributed by atoms with van der Waals surface area (Å²) in [4.78, 5) is 0. The highest BCUT2D eigenvalue weighted by molar-refractivity contribution is 9.11. The van der Waals surface area contributed by atoms with Gasteiger partial charge in [-0.05, 0) is 56.2 Å². The Morgan fingerprint density at radius 2 is 1.85 bits per heavy atom. The summed E-state index contributed by atoms with van der Waals surface area (Å²) < 4.78 is 1.83. The van der Waals surface area contributed by atoms with Gasteiger partial charge in [-0.15, -0.1) is 0 Å². The number of halogens is 2. The molecule has 0 atom stereocenters. The van der Waals surface area contributed by atoms with E-state index in [1.165, 1.54) is 0 Å². The smallest absolute Gasteiger partial charge is 0.185 e. The number of anilines is 1. The molecule has 0 aliphatic heterocycles. The van der Waals surface area contributed by atoms with Gasteiger partial charge in [-0.2, -0.15) is 0 Å². The number of rotatable bonds is 1. The molecule has 0 aliphatic carbocycles. The molecule has 0 spiro atoms. The molecule has 0 aromatic heterocycles. The molecule has 0 heterocycles. The van der Waals surface area contributed by atoms with Gasteiger partial charge in [-0.3, -0.25) is 0 Å². The van der Waals surface area contributed by atoms with Crippen molar-refractivity contribution < 1.29 is 0 Å². The van der Waals surface area contributed by atoms with Crippen molar-refractivity contribution in [3.05, 3.63) is 27.1 Å². The minimum Gasteiger partial charge on any atom is -0.330 e. The first-order chi connectivity index (χ1) is 6.15. The number of hydrogen-bond acceptors (Lipinski definition) is 2. The number of thiocarbonyl (C=S) groups is 1. The molecule has 0 fully saturated rings. The number of nitrogens with one attached hydrogen (secondary N) is 2. The molecule has 13 heavy (non-hydrogen) atoms. The summed E-state index contributed by atoms with van der Waals surface area (Å²) in [5.74, 6) is 5.14. The predicted octanol–water partition coefficient (Wildman–Crippen LogP) is 2.37. The standard InChI is InChI=1S/C7H7Br2N3S/c8-4-2-1-3-5(9)6(4)11-7(13)12-10/h1-3H,10H2,(H2,11,12,13). The van der Waals surface area contributed by atoms with Crippen molar-refractivity contribution in [2.24, 2.45) is 5.84 Å². The summed E-state index contributed by atoms with van der Waals surface area (Å²) in [5.41, 5.74) is 3.20. The highest BCUT2D eigenvalue weighted by Crippen LogP contribution is 2.30. The molecule has 1 rings (SSSR count).